The molecule has 1 saturated carbocycles. The second-order valence-corrected chi connectivity index (χ2v) is 6.86. The molecule has 1 aromatic carbocycles. The summed E-state index contributed by atoms with van der Waals surface area (Å²) in [7, 11) is 1.83. The number of aryl methyl sites for hydroxylation is 1. The number of aromatic amines is 1. The summed E-state index contributed by atoms with van der Waals surface area (Å²) >= 11 is 0. The molecule has 1 aliphatic carbocycles. The summed E-state index contributed by atoms with van der Waals surface area (Å²) in [5.41, 5.74) is 1.11. The highest BCUT2D eigenvalue weighted by Gasteiger charge is 2.36. The van der Waals surface area contributed by atoms with Crippen LogP contribution in [0.4, 0.5) is 0 Å². The summed E-state index contributed by atoms with van der Waals surface area (Å²) in [4.78, 5) is 27.6. The van der Waals surface area contributed by atoms with Gasteiger partial charge in [-0.05, 0) is 24.8 Å². The molecule has 1 amide bonds. The number of hydrogen-bond donors (Lipinski definition) is 3. The van der Waals surface area contributed by atoms with Crippen molar-refractivity contribution < 1.29 is 9.90 Å². The van der Waals surface area contributed by atoms with E-state index in [-0.39, 0.29) is 29.5 Å². The first-order chi connectivity index (χ1) is 12.5. The Morgan fingerprint density at radius 3 is 2.73 bits per heavy atom. The second kappa shape index (κ2) is 6.42. The summed E-state index contributed by atoms with van der Waals surface area (Å²) in [5.74, 6) is -0.0973. The van der Waals surface area contributed by atoms with Crippen LogP contribution in [-0.2, 0) is 7.05 Å². The lowest BCUT2D eigenvalue weighted by Crippen LogP contribution is -2.41. The minimum absolute atomic E-state index is 0.159. The van der Waals surface area contributed by atoms with E-state index in [0.29, 0.717) is 29.2 Å². The van der Waals surface area contributed by atoms with Gasteiger partial charge in [-0.3, -0.25) is 14.3 Å². The molecule has 4 rings (SSSR count). The van der Waals surface area contributed by atoms with Crippen molar-refractivity contribution >= 4 is 16.7 Å². The average molecular weight is 352 g/mol. The molecule has 3 aromatic rings. The standard InChI is InChI=1S/C19H20N4O3/c1-23-10-12(8-21-23)17(11-6-13(24)7-11)22-19(26)16-9-20-18(25)15-5-3-2-4-14(15)16/h2-5,8-11,13,17,24H,6-7H2,1H3,(H,20,25)(H,22,26)/t11?,13?,17-/m0/s1. The number of nitrogens with zero attached hydrogens (tertiary/aromatic N) is 2. The number of carbonyl (C=O) groups is 1. The molecule has 7 heteroatoms. The Morgan fingerprint density at radius 1 is 1.35 bits per heavy atom. The van der Waals surface area contributed by atoms with Crippen LogP contribution in [0.15, 0.2) is 47.7 Å². The number of carbonyl (C=O) groups excluding carboxylic acids is 1. The van der Waals surface area contributed by atoms with E-state index in [1.807, 2.05) is 13.2 Å². The van der Waals surface area contributed by atoms with Gasteiger partial charge in [0.1, 0.15) is 0 Å². The molecular formula is C19H20N4O3. The average Bonchev–Trinajstić information content (AvgIpc) is 3.04. The summed E-state index contributed by atoms with van der Waals surface area (Å²) < 4.78 is 1.69. The topological polar surface area (TPSA) is 100 Å². The maximum Gasteiger partial charge on any atom is 0.255 e. The summed E-state index contributed by atoms with van der Waals surface area (Å²) in [6, 6.07) is 6.81. The van der Waals surface area contributed by atoms with E-state index in [4.69, 9.17) is 0 Å². The van der Waals surface area contributed by atoms with Crippen molar-refractivity contribution in [3.63, 3.8) is 0 Å². The lowest BCUT2D eigenvalue weighted by atomic mass is 9.75. The molecule has 0 bridgehead atoms. The molecule has 134 valence electrons. The van der Waals surface area contributed by atoms with Crippen LogP contribution in [0.1, 0.15) is 34.8 Å². The van der Waals surface area contributed by atoms with Crippen molar-refractivity contribution in [3.8, 4) is 0 Å². The van der Waals surface area contributed by atoms with E-state index in [9.17, 15) is 14.7 Å². The van der Waals surface area contributed by atoms with E-state index in [1.54, 1.807) is 35.1 Å². The minimum atomic E-state index is -0.315. The first kappa shape index (κ1) is 16.5. The van der Waals surface area contributed by atoms with Crippen molar-refractivity contribution in [2.75, 3.05) is 0 Å². The second-order valence-electron chi connectivity index (χ2n) is 6.86. The van der Waals surface area contributed by atoms with Gasteiger partial charge in [-0.15, -0.1) is 0 Å². The van der Waals surface area contributed by atoms with Gasteiger partial charge in [0, 0.05) is 35.8 Å². The van der Waals surface area contributed by atoms with Gasteiger partial charge in [0.15, 0.2) is 0 Å². The number of H-pyrrole nitrogens is 1. The molecular weight excluding hydrogens is 332 g/mol. The summed E-state index contributed by atoms with van der Waals surface area (Å²) in [5, 5.41) is 18.0. The third-order valence-corrected chi connectivity index (χ3v) is 5.05. The van der Waals surface area contributed by atoms with Gasteiger partial charge in [0.25, 0.3) is 11.5 Å². The molecule has 0 unspecified atom stereocenters. The molecule has 1 atom stereocenters. The zero-order valence-corrected chi connectivity index (χ0v) is 14.3. The Bertz CT molecular complexity index is 1020. The van der Waals surface area contributed by atoms with Crippen LogP contribution >= 0.6 is 0 Å². The third kappa shape index (κ3) is 2.90. The van der Waals surface area contributed by atoms with E-state index in [2.05, 4.69) is 15.4 Å². The summed E-state index contributed by atoms with van der Waals surface area (Å²) in [6.45, 7) is 0. The quantitative estimate of drug-likeness (QED) is 0.662. The number of pyridine rings is 1. The Balaban J connectivity index is 1.67. The summed E-state index contributed by atoms with van der Waals surface area (Å²) in [6.07, 6.45) is 6.04. The maximum atomic E-state index is 13.0. The van der Waals surface area contributed by atoms with Crippen LogP contribution in [0.3, 0.4) is 0 Å². The normalized spacial score (nSPS) is 20.5. The van der Waals surface area contributed by atoms with Crippen molar-refractivity contribution in [2.45, 2.75) is 25.0 Å². The monoisotopic (exact) mass is 352 g/mol. The molecule has 0 radical (unpaired) electrons. The van der Waals surface area contributed by atoms with Gasteiger partial charge < -0.3 is 15.4 Å². The van der Waals surface area contributed by atoms with Gasteiger partial charge in [-0.1, -0.05) is 18.2 Å². The molecule has 0 aliphatic heterocycles. The lowest BCUT2D eigenvalue weighted by Gasteiger charge is -2.37. The molecule has 2 aromatic heterocycles. The smallest absolute Gasteiger partial charge is 0.255 e. The number of aliphatic hydroxyl groups excluding tert-OH is 1. The fraction of sp³-hybridized carbons (Fsp3) is 0.316. The fourth-order valence-corrected chi connectivity index (χ4v) is 3.59. The van der Waals surface area contributed by atoms with Crippen LogP contribution in [0.5, 0.6) is 0 Å². The SMILES string of the molecule is Cn1cc([C@@H](NC(=O)c2c[nH]c(=O)c3ccccc23)C2CC(O)C2)cn1. The van der Waals surface area contributed by atoms with Crippen molar-refractivity contribution in [1.29, 1.82) is 0 Å². The predicted molar refractivity (Wildman–Crippen MR) is 96.7 cm³/mol. The Labute approximate surface area is 149 Å². The molecule has 1 aliphatic rings. The van der Waals surface area contributed by atoms with E-state index in [1.165, 1.54) is 6.20 Å². The zero-order chi connectivity index (χ0) is 18.3. The fourth-order valence-electron chi connectivity index (χ4n) is 3.59. The van der Waals surface area contributed by atoms with Gasteiger partial charge in [-0.2, -0.15) is 5.10 Å². The lowest BCUT2D eigenvalue weighted by molar-refractivity contribution is 0.0235. The highest BCUT2D eigenvalue weighted by atomic mass is 16.3. The highest BCUT2D eigenvalue weighted by molar-refractivity contribution is 6.06. The van der Waals surface area contributed by atoms with Gasteiger partial charge in [-0.25, -0.2) is 0 Å². The Kier molecular flexibility index (Phi) is 4.08. The number of aliphatic hydroxyl groups is 1. The van der Waals surface area contributed by atoms with Gasteiger partial charge in [0.05, 0.1) is 23.9 Å². The molecule has 1 fully saturated rings. The van der Waals surface area contributed by atoms with Crippen molar-refractivity contribution in [2.24, 2.45) is 13.0 Å². The minimum Gasteiger partial charge on any atom is -0.393 e. The first-order valence-corrected chi connectivity index (χ1v) is 8.61. The van der Waals surface area contributed by atoms with Crippen LogP contribution in [0.2, 0.25) is 0 Å². The van der Waals surface area contributed by atoms with Crippen LogP contribution in [0.25, 0.3) is 10.8 Å². The molecule has 26 heavy (non-hydrogen) atoms. The third-order valence-electron chi connectivity index (χ3n) is 5.05. The zero-order valence-electron chi connectivity index (χ0n) is 14.3. The van der Waals surface area contributed by atoms with Crippen LogP contribution in [0, 0.1) is 5.92 Å². The highest BCUT2D eigenvalue weighted by Crippen LogP contribution is 2.38. The van der Waals surface area contributed by atoms with Crippen LogP contribution in [-0.4, -0.2) is 31.9 Å². The maximum absolute atomic E-state index is 13.0. The predicted octanol–water partition coefficient (Wildman–Crippen LogP) is 1.50. The molecule has 0 saturated heterocycles. The number of benzene rings is 1. The number of nitrogens with one attached hydrogen (secondary N) is 2. The van der Waals surface area contributed by atoms with E-state index >= 15 is 0 Å². The number of aromatic nitrogens is 3. The van der Waals surface area contributed by atoms with Crippen LogP contribution < -0.4 is 10.9 Å². The van der Waals surface area contributed by atoms with Crippen molar-refractivity contribution in [3.05, 3.63) is 64.3 Å². The largest absolute Gasteiger partial charge is 0.393 e. The molecule has 0 spiro atoms. The van der Waals surface area contributed by atoms with E-state index < -0.39 is 0 Å². The number of hydrogen-bond acceptors (Lipinski definition) is 4. The van der Waals surface area contributed by atoms with E-state index in [0.717, 1.165) is 5.56 Å². The van der Waals surface area contributed by atoms with Gasteiger partial charge in [0.2, 0.25) is 0 Å². The number of amides is 1. The number of fused-ring (bicyclic) bond motifs is 1. The van der Waals surface area contributed by atoms with Crippen molar-refractivity contribution in [1.82, 2.24) is 20.1 Å². The van der Waals surface area contributed by atoms with Gasteiger partial charge >= 0.3 is 0 Å². The first-order valence-electron chi connectivity index (χ1n) is 8.61. The molecule has 2 heterocycles. The Hall–Kier alpha value is -2.93. The Morgan fingerprint density at radius 2 is 2.08 bits per heavy atom. The number of rotatable bonds is 4. The molecule has 3 N–H and O–H groups in total. The molecule has 7 nitrogen and oxygen atoms in total.